The second-order valence-electron chi connectivity index (χ2n) is 10.7. The number of amides is 1. The Morgan fingerprint density at radius 3 is 2.44 bits per heavy atom. The first-order chi connectivity index (χ1) is 18.3. The largest absolute Gasteiger partial charge is 0.513 e. The van der Waals surface area contributed by atoms with Gasteiger partial charge in [-0.2, -0.15) is 0 Å². The highest BCUT2D eigenvalue weighted by Gasteiger charge is 2.33. The molecule has 0 aromatic heterocycles. The van der Waals surface area contributed by atoms with E-state index >= 15 is 0 Å². The van der Waals surface area contributed by atoms with E-state index in [-0.39, 0.29) is 23.6 Å². The first-order valence-electron chi connectivity index (χ1n) is 12.8. The van der Waals surface area contributed by atoms with Crippen LogP contribution in [0.15, 0.2) is 65.8 Å². The fraction of sp³-hybridized carbons (Fsp3) is 0.290. The number of nitrogens with one attached hydrogen (secondary N) is 2. The Bertz CT molecular complexity index is 1560. The van der Waals surface area contributed by atoms with E-state index in [4.69, 9.17) is 11.6 Å². The molecule has 0 heterocycles. The number of hydrogen-bond acceptors (Lipinski definition) is 3. The molecule has 3 aromatic carbocycles. The monoisotopic (exact) mass is 568 g/mol. The number of aryl methyl sites for hydroxylation is 2. The van der Waals surface area contributed by atoms with Gasteiger partial charge in [0.2, 0.25) is 0 Å². The van der Waals surface area contributed by atoms with E-state index in [1.165, 1.54) is 6.07 Å². The summed E-state index contributed by atoms with van der Waals surface area (Å²) in [5.41, 5.74) is 4.17. The van der Waals surface area contributed by atoms with Crippen LogP contribution in [0, 0.1) is 19.7 Å². The number of aliphatic hydroxyl groups excluding tert-OH is 1. The first-order valence-corrected chi connectivity index (χ1v) is 14.9. The van der Waals surface area contributed by atoms with Crippen molar-refractivity contribution in [1.29, 1.82) is 0 Å². The Morgan fingerprint density at radius 1 is 1.10 bits per heavy atom. The van der Waals surface area contributed by atoms with Crippen LogP contribution in [0.25, 0.3) is 0 Å². The van der Waals surface area contributed by atoms with Crippen LogP contribution in [0.2, 0.25) is 5.02 Å². The smallest absolute Gasteiger partial charge is 0.251 e. The van der Waals surface area contributed by atoms with E-state index in [1.54, 1.807) is 36.4 Å². The molecule has 39 heavy (non-hydrogen) atoms. The lowest BCUT2D eigenvalue weighted by Gasteiger charge is -2.39. The highest BCUT2D eigenvalue weighted by molar-refractivity contribution is 8.01. The van der Waals surface area contributed by atoms with Gasteiger partial charge in [0, 0.05) is 17.5 Å². The van der Waals surface area contributed by atoms with Gasteiger partial charge in [-0.05, 0) is 110 Å². The Morgan fingerprint density at radius 2 is 1.82 bits per heavy atom. The highest BCUT2D eigenvalue weighted by atomic mass is 35.5. The van der Waals surface area contributed by atoms with E-state index in [1.807, 2.05) is 26.8 Å². The van der Waals surface area contributed by atoms with Crippen molar-refractivity contribution in [2.45, 2.75) is 63.3 Å². The summed E-state index contributed by atoms with van der Waals surface area (Å²) in [5, 5.41) is 12.9. The summed E-state index contributed by atoms with van der Waals surface area (Å²) in [5.74, 6) is 3.16. The van der Waals surface area contributed by atoms with Gasteiger partial charge in [-0.3, -0.25) is 4.79 Å². The third-order valence-electron chi connectivity index (χ3n) is 7.24. The molecule has 8 heteroatoms. The van der Waals surface area contributed by atoms with E-state index in [9.17, 15) is 18.5 Å². The molecule has 1 aliphatic carbocycles. The highest BCUT2D eigenvalue weighted by Crippen LogP contribution is 2.33. The average Bonchev–Trinajstić information content (AvgIpc) is 2.81. The number of hydrogen-bond donors (Lipinski definition) is 3. The van der Waals surface area contributed by atoms with Crippen molar-refractivity contribution in [2.75, 3.05) is 4.72 Å². The van der Waals surface area contributed by atoms with E-state index < -0.39 is 15.5 Å². The number of carbonyl (C=O) groups is 1. The number of halogens is 2. The van der Waals surface area contributed by atoms with E-state index in [0.29, 0.717) is 44.3 Å². The molecule has 1 amide bonds. The molecule has 5 nitrogen and oxygen atoms in total. The number of rotatable bonds is 9. The van der Waals surface area contributed by atoms with Crippen molar-refractivity contribution in [1.82, 2.24) is 5.32 Å². The fourth-order valence-corrected chi connectivity index (χ4v) is 6.71. The van der Waals surface area contributed by atoms with Crippen molar-refractivity contribution in [3.63, 3.8) is 0 Å². The molecule has 0 saturated heterocycles. The van der Waals surface area contributed by atoms with Crippen LogP contribution in [-0.2, 0) is 22.5 Å². The van der Waals surface area contributed by atoms with E-state index in [2.05, 4.69) is 22.5 Å². The van der Waals surface area contributed by atoms with Crippen LogP contribution in [0.5, 0.6) is 0 Å². The van der Waals surface area contributed by atoms with E-state index in [0.717, 1.165) is 30.4 Å². The summed E-state index contributed by atoms with van der Waals surface area (Å²) in [4.78, 5) is 13.5. The lowest BCUT2D eigenvalue weighted by atomic mass is 9.78. The molecular formula is C31H34ClFN2O3S. The maximum atomic E-state index is 14.8. The maximum absolute atomic E-state index is 14.8. The fourth-order valence-electron chi connectivity index (χ4n) is 4.78. The minimum atomic E-state index is -3.11. The second-order valence-corrected chi connectivity index (χ2v) is 13.1. The first kappa shape index (κ1) is 28.7. The summed E-state index contributed by atoms with van der Waals surface area (Å²) in [6.07, 6.45) is 3.26. The molecule has 1 saturated carbocycles. The Kier molecular flexibility index (Phi) is 8.14. The summed E-state index contributed by atoms with van der Waals surface area (Å²) in [6, 6.07) is 13.5. The van der Waals surface area contributed by atoms with Gasteiger partial charge in [0.15, 0.2) is 0 Å². The lowest BCUT2D eigenvalue weighted by molar-refractivity contribution is 0.0850. The average molecular weight is 569 g/mol. The van der Waals surface area contributed by atoms with Crippen molar-refractivity contribution in [2.24, 2.45) is 0 Å². The van der Waals surface area contributed by atoms with Crippen molar-refractivity contribution in [3.05, 3.63) is 105 Å². The molecule has 0 radical (unpaired) electrons. The second kappa shape index (κ2) is 11.1. The standard InChI is InChI=1S/C31H34ClFN2O3S/c1-19-7-10-29(26(32)13-19)39(5,38)35-28-18-23(30(37)34-31(4)11-6-12-31)9-8-22(28)16-24-17-27(33)25(14-20(24)2)15-21(3)36/h7-10,13-14,17-18,36H,3,5-6,11-12,15-16H2,1-2,4H3,(H,34,37)(H,35,38). The SMILES string of the molecule is C=C(O)Cc1cc(C)c(Cc2ccc(C(=O)NC3(C)CCC3)cc2NS(=C)(=O)c2ccc(C)cc2Cl)cc1F. The van der Waals surface area contributed by atoms with Crippen molar-refractivity contribution < 1.29 is 18.5 Å². The molecule has 3 N–H and O–H groups in total. The summed E-state index contributed by atoms with van der Waals surface area (Å²) < 4.78 is 31.7. The molecule has 1 atom stereocenters. The zero-order valence-electron chi connectivity index (χ0n) is 22.5. The van der Waals surface area contributed by atoms with Crippen LogP contribution in [0.1, 0.15) is 64.4 Å². The minimum Gasteiger partial charge on any atom is -0.513 e. The Hall–Kier alpha value is -3.29. The van der Waals surface area contributed by atoms with Crippen LogP contribution in [0.3, 0.4) is 0 Å². The summed E-state index contributed by atoms with van der Waals surface area (Å²) in [6.45, 7) is 9.23. The van der Waals surface area contributed by atoms with Crippen molar-refractivity contribution >= 4 is 38.8 Å². The van der Waals surface area contributed by atoms with Gasteiger partial charge in [0.05, 0.1) is 31.1 Å². The van der Waals surface area contributed by atoms with Gasteiger partial charge < -0.3 is 15.1 Å². The summed E-state index contributed by atoms with van der Waals surface area (Å²) in [7, 11) is -3.11. The minimum absolute atomic E-state index is 0.0311. The third kappa shape index (κ3) is 6.65. The number of anilines is 1. The van der Waals surface area contributed by atoms with Gasteiger partial charge in [-0.1, -0.05) is 36.4 Å². The quantitative estimate of drug-likeness (QED) is 0.191. The van der Waals surface area contributed by atoms with Gasteiger partial charge in [-0.25, -0.2) is 8.60 Å². The predicted octanol–water partition coefficient (Wildman–Crippen LogP) is 7.08. The molecule has 0 aliphatic heterocycles. The van der Waals surface area contributed by atoms with Crippen LogP contribution < -0.4 is 10.0 Å². The van der Waals surface area contributed by atoms with Crippen molar-refractivity contribution in [3.8, 4) is 0 Å². The van der Waals surface area contributed by atoms with Crippen LogP contribution >= 0.6 is 11.6 Å². The normalized spacial score (nSPS) is 15.6. The zero-order chi connectivity index (χ0) is 28.5. The molecule has 0 bridgehead atoms. The van der Waals surface area contributed by atoms with Gasteiger partial charge in [0.25, 0.3) is 5.91 Å². The zero-order valence-corrected chi connectivity index (χ0v) is 24.1. The molecular weight excluding hydrogens is 535 g/mol. The number of carbonyl (C=O) groups excluding carboxylic acids is 1. The molecule has 1 unspecified atom stereocenters. The molecule has 3 aromatic rings. The Balaban J connectivity index is 1.73. The maximum Gasteiger partial charge on any atom is 0.251 e. The van der Waals surface area contributed by atoms with Crippen LogP contribution in [0.4, 0.5) is 10.1 Å². The number of benzene rings is 3. The van der Waals surface area contributed by atoms with Crippen LogP contribution in [-0.4, -0.2) is 26.6 Å². The molecule has 4 rings (SSSR count). The molecule has 1 aliphatic rings. The van der Waals surface area contributed by atoms with Gasteiger partial charge >= 0.3 is 0 Å². The topological polar surface area (TPSA) is 78.4 Å². The van der Waals surface area contributed by atoms with Gasteiger partial charge in [-0.15, -0.1) is 0 Å². The Labute approximate surface area is 235 Å². The number of aliphatic hydroxyl groups is 1. The third-order valence-corrected chi connectivity index (χ3v) is 9.28. The summed E-state index contributed by atoms with van der Waals surface area (Å²) >= 11 is 6.43. The lowest BCUT2D eigenvalue weighted by Crippen LogP contribution is -2.50. The number of allylic oxidation sites excluding steroid dienone is 1. The predicted molar refractivity (Wildman–Crippen MR) is 159 cm³/mol. The molecule has 1 fully saturated rings. The molecule has 206 valence electrons. The molecule has 0 spiro atoms. The van der Waals surface area contributed by atoms with Gasteiger partial charge in [0.1, 0.15) is 5.82 Å².